The number of nitrogens with one attached hydrogen (secondary N) is 1. The number of aromatic nitrogens is 2. The highest BCUT2D eigenvalue weighted by atomic mass is 79.9. The van der Waals surface area contributed by atoms with Crippen molar-refractivity contribution in [3.63, 3.8) is 0 Å². The fraction of sp³-hybridized carbons (Fsp3) is 0.125. The van der Waals surface area contributed by atoms with E-state index in [-0.39, 0.29) is 40.8 Å². The SMILES string of the molecule is COc1cc(C=Nn2c(-c3cccc(C(F)(F)F)c3)nc3ccccc3c2=O)cc(Br)c1OCC(=O)Nc1ccc(C)cc1. The lowest BCUT2D eigenvalue weighted by molar-refractivity contribution is -0.137. The normalized spacial score (nSPS) is 11.6. The number of benzene rings is 4. The van der Waals surface area contributed by atoms with Crippen molar-refractivity contribution in [1.82, 2.24) is 9.66 Å². The number of methoxy groups -OCH3 is 1. The smallest absolute Gasteiger partial charge is 0.416 e. The van der Waals surface area contributed by atoms with Crippen LogP contribution in [0.2, 0.25) is 0 Å². The van der Waals surface area contributed by atoms with Crippen LogP contribution in [0.1, 0.15) is 16.7 Å². The maximum absolute atomic E-state index is 13.5. The molecule has 0 atom stereocenters. The highest BCUT2D eigenvalue weighted by Crippen LogP contribution is 2.36. The topological polar surface area (TPSA) is 94.8 Å². The molecule has 1 heterocycles. The van der Waals surface area contributed by atoms with Crippen molar-refractivity contribution in [2.24, 2.45) is 5.10 Å². The molecule has 0 aliphatic carbocycles. The van der Waals surface area contributed by atoms with Crippen molar-refractivity contribution in [1.29, 1.82) is 0 Å². The van der Waals surface area contributed by atoms with Gasteiger partial charge in [-0.05, 0) is 76.9 Å². The van der Waals surface area contributed by atoms with E-state index in [2.05, 4.69) is 31.3 Å². The van der Waals surface area contributed by atoms with Crippen LogP contribution in [0.25, 0.3) is 22.3 Å². The molecule has 224 valence electrons. The highest BCUT2D eigenvalue weighted by molar-refractivity contribution is 9.10. The standard InChI is InChI=1S/C32H24BrF3N4O4/c1-19-10-12-23(13-11-19)38-28(41)18-44-29-25(33)14-20(15-27(29)43-2)17-37-40-30(21-6-5-7-22(16-21)32(34,35)36)39-26-9-4-3-8-24(26)31(40)42/h3-17H,18H2,1-2H3,(H,38,41). The van der Waals surface area contributed by atoms with E-state index in [0.717, 1.165) is 22.4 Å². The molecule has 1 N–H and O–H groups in total. The molecule has 0 bridgehead atoms. The summed E-state index contributed by atoms with van der Waals surface area (Å²) >= 11 is 3.43. The maximum atomic E-state index is 13.5. The van der Waals surface area contributed by atoms with Gasteiger partial charge in [-0.1, -0.05) is 42.0 Å². The van der Waals surface area contributed by atoms with Crippen molar-refractivity contribution >= 4 is 44.6 Å². The van der Waals surface area contributed by atoms with Gasteiger partial charge in [-0.25, -0.2) is 4.98 Å². The van der Waals surface area contributed by atoms with E-state index in [0.29, 0.717) is 21.2 Å². The second kappa shape index (κ2) is 12.7. The van der Waals surface area contributed by atoms with Crippen molar-refractivity contribution in [2.75, 3.05) is 19.0 Å². The number of fused-ring (bicyclic) bond motifs is 1. The molecule has 1 amide bonds. The van der Waals surface area contributed by atoms with Crippen molar-refractivity contribution in [3.05, 3.63) is 116 Å². The summed E-state index contributed by atoms with van der Waals surface area (Å²) in [7, 11) is 1.42. The van der Waals surface area contributed by atoms with E-state index in [1.54, 1.807) is 48.5 Å². The van der Waals surface area contributed by atoms with Gasteiger partial charge in [0.15, 0.2) is 23.9 Å². The molecule has 12 heteroatoms. The third-order valence-corrected chi connectivity index (χ3v) is 7.05. The average molecular weight is 665 g/mol. The van der Waals surface area contributed by atoms with Gasteiger partial charge in [0.1, 0.15) is 0 Å². The first kappa shape index (κ1) is 30.5. The summed E-state index contributed by atoms with van der Waals surface area (Å²) in [5, 5.41) is 7.32. The summed E-state index contributed by atoms with van der Waals surface area (Å²) in [4.78, 5) is 30.4. The van der Waals surface area contributed by atoms with Crippen LogP contribution in [-0.2, 0) is 11.0 Å². The summed E-state index contributed by atoms with van der Waals surface area (Å²) in [6.45, 7) is 1.65. The lowest BCUT2D eigenvalue weighted by Gasteiger charge is -2.14. The molecule has 0 unspecified atom stereocenters. The molecule has 0 saturated heterocycles. The molecule has 1 aromatic heterocycles. The van der Waals surface area contributed by atoms with E-state index in [1.165, 1.54) is 25.5 Å². The third-order valence-electron chi connectivity index (χ3n) is 6.46. The Bertz CT molecular complexity index is 1940. The minimum atomic E-state index is -4.59. The zero-order valence-corrected chi connectivity index (χ0v) is 24.9. The van der Waals surface area contributed by atoms with E-state index < -0.39 is 17.3 Å². The highest BCUT2D eigenvalue weighted by Gasteiger charge is 2.31. The number of carbonyl (C=O) groups is 1. The van der Waals surface area contributed by atoms with E-state index in [9.17, 15) is 22.8 Å². The third kappa shape index (κ3) is 6.81. The van der Waals surface area contributed by atoms with Gasteiger partial charge in [0.25, 0.3) is 11.5 Å². The molecule has 0 saturated carbocycles. The molecule has 0 spiro atoms. The summed E-state index contributed by atoms with van der Waals surface area (Å²) in [5.41, 5.74) is 1.07. The van der Waals surface area contributed by atoms with Crippen molar-refractivity contribution < 1.29 is 27.4 Å². The molecule has 5 aromatic rings. The van der Waals surface area contributed by atoms with Crippen LogP contribution in [0.3, 0.4) is 0 Å². The number of anilines is 1. The predicted octanol–water partition coefficient (Wildman–Crippen LogP) is 7.06. The molecule has 0 fully saturated rings. The summed E-state index contributed by atoms with van der Waals surface area (Å²) < 4.78 is 53.0. The Morgan fingerprint density at radius 3 is 2.52 bits per heavy atom. The molecular formula is C32H24BrF3N4O4. The summed E-state index contributed by atoms with van der Waals surface area (Å²) in [5.74, 6) is 0.0873. The van der Waals surface area contributed by atoms with Gasteiger partial charge in [-0.15, -0.1) is 0 Å². The van der Waals surface area contributed by atoms with Crippen LogP contribution in [0.15, 0.2) is 99.3 Å². The number of para-hydroxylation sites is 1. The van der Waals surface area contributed by atoms with E-state index in [1.807, 2.05) is 19.1 Å². The molecule has 0 aliphatic heterocycles. The quantitative estimate of drug-likeness (QED) is 0.179. The Kier molecular flexibility index (Phi) is 8.81. The van der Waals surface area contributed by atoms with Gasteiger partial charge in [-0.2, -0.15) is 22.9 Å². The first-order chi connectivity index (χ1) is 21.0. The number of ether oxygens (including phenoxy) is 2. The summed E-state index contributed by atoms with van der Waals surface area (Å²) in [6, 6.07) is 21.6. The van der Waals surface area contributed by atoms with Crippen LogP contribution in [0, 0.1) is 6.92 Å². The monoisotopic (exact) mass is 664 g/mol. The Hall–Kier alpha value is -4.97. The Balaban J connectivity index is 1.46. The first-order valence-corrected chi connectivity index (χ1v) is 13.9. The second-order valence-electron chi connectivity index (χ2n) is 9.63. The molecule has 44 heavy (non-hydrogen) atoms. The minimum absolute atomic E-state index is 0.0613. The second-order valence-corrected chi connectivity index (χ2v) is 10.5. The lowest BCUT2D eigenvalue weighted by Crippen LogP contribution is -2.21. The molecule has 5 rings (SSSR count). The molecule has 8 nitrogen and oxygen atoms in total. The van der Waals surface area contributed by atoms with Crippen LogP contribution in [0.5, 0.6) is 11.5 Å². The largest absolute Gasteiger partial charge is 0.493 e. The van der Waals surface area contributed by atoms with Gasteiger partial charge >= 0.3 is 6.18 Å². The lowest BCUT2D eigenvalue weighted by atomic mass is 10.1. The minimum Gasteiger partial charge on any atom is -0.493 e. The van der Waals surface area contributed by atoms with Crippen LogP contribution in [-0.4, -0.2) is 35.5 Å². The fourth-order valence-corrected chi connectivity index (χ4v) is 4.88. The number of nitrogens with zero attached hydrogens (tertiary/aromatic N) is 3. The van der Waals surface area contributed by atoms with Gasteiger partial charge in [-0.3, -0.25) is 9.59 Å². The number of hydrogen-bond donors (Lipinski definition) is 1. The van der Waals surface area contributed by atoms with Gasteiger partial charge in [0, 0.05) is 11.3 Å². The van der Waals surface area contributed by atoms with Crippen LogP contribution in [0.4, 0.5) is 18.9 Å². The van der Waals surface area contributed by atoms with Crippen molar-refractivity contribution in [2.45, 2.75) is 13.1 Å². The van der Waals surface area contributed by atoms with Crippen LogP contribution < -0.4 is 20.3 Å². The number of hydrogen-bond acceptors (Lipinski definition) is 6. The van der Waals surface area contributed by atoms with Gasteiger partial charge in [0.2, 0.25) is 0 Å². The number of rotatable bonds is 8. The molecule has 0 aliphatic rings. The van der Waals surface area contributed by atoms with E-state index >= 15 is 0 Å². The van der Waals surface area contributed by atoms with Gasteiger partial charge < -0.3 is 14.8 Å². The maximum Gasteiger partial charge on any atom is 0.416 e. The van der Waals surface area contributed by atoms with Crippen molar-refractivity contribution in [3.8, 4) is 22.9 Å². The molecule has 4 aromatic carbocycles. The molecule has 0 radical (unpaired) electrons. The Morgan fingerprint density at radius 2 is 1.80 bits per heavy atom. The predicted molar refractivity (Wildman–Crippen MR) is 165 cm³/mol. The van der Waals surface area contributed by atoms with Gasteiger partial charge in [0.05, 0.1) is 34.3 Å². The van der Waals surface area contributed by atoms with Crippen LogP contribution >= 0.6 is 15.9 Å². The zero-order valence-electron chi connectivity index (χ0n) is 23.4. The van der Waals surface area contributed by atoms with E-state index in [4.69, 9.17) is 9.47 Å². The number of halogens is 4. The Morgan fingerprint density at radius 1 is 1.05 bits per heavy atom. The summed E-state index contributed by atoms with van der Waals surface area (Å²) in [6.07, 6.45) is -3.24. The average Bonchev–Trinajstić information content (AvgIpc) is 3.00. The first-order valence-electron chi connectivity index (χ1n) is 13.1. The Labute approximate surface area is 257 Å². The number of amides is 1. The zero-order chi connectivity index (χ0) is 31.4. The molecular weight excluding hydrogens is 641 g/mol. The number of alkyl halides is 3. The number of aryl methyl sites for hydroxylation is 1. The fourth-order valence-electron chi connectivity index (χ4n) is 4.30. The number of carbonyl (C=O) groups excluding carboxylic acids is 1.